The number of carboxylic acid groups (broad SMARTS) is 1. The highest BCUT2D eigenvalue weighted by molar-refractivity contribution is 5.94. The fourth-order valence-corrected chi connectivity index (χ4v) is 3.18. The number of anilines is 3. The number of pyridine rings is 1. The Labute approximate surface area is 158 Å². The molecule has 0 saturated carbocycles. The number of hydrogen-bond donors (Lipinski definition) is 2. The second-order valence-electron chi connectivity index (χ2n) is 6.59. The molecule has 7 nitrogen and oxygen atoms in total. The zero-order valence-corrected chi connectivity index (χ0v) is 15.2. The van der Waals surface area contributed by atoms with Gasteiger partial charge in [-0.15, -0.1) is 0 Å². The number of nitrogens with one attached hydrogen (secondary N) is 1. The Bertz CT molecular complexity index is 759. The molecule has 7 heteroatoms. The van der Waals surface area contributed by atoms with Gasteiger partial charge in [0, 0.05) is 18.8 Å². The molecule has 0 atom stereocenters. The quantitative estimate of drug-likeness (QED) is 0.781. The van der Waals surface area contributed by atoms with E-state index in [4.69, 9.17) is 5.11 Å². The molecule has 1 aromatic heterocycles. The summed E-state index contributed by atoms with van der Waals surface area (Å²) in [6, 6.07) is 12.8. The van der Waals surface area contributed by atoms with Gasteiger partial charge in [0.25, 0.3) is 0 Å². The molecule has 2 aromatic rings. The lowest BCUT2D eigenvalue weighted by Gasteiger charge is -2.27. The summed E-state index contributed by atoms with van der Waals surface area (Å²) in [5.74, 6) is -0.351. The Hall–Kier alpha value is -3.09. The Kier molecular flexibility index (Phi) is 6.25. The minimum atomic E-state index is -0.987. The lowest BCUT2D eigenvalue weighted by molar-refractivity contribution is -0.135. The summed E-state index contributed by atoms with van der Waals surface area (Å²) >= 11 is 0. The largest absolute Gasteiger partial charge is 0.480 e. The Morgan fingerprint density at radius 3 is 2.41 bits per heavy atom. The predicted molar refractivity (Wildman–Crippen MR) is 105 cm³/mol. The second kappa shape index (κ2) is 9.02. The predicted octanol–water partition coefficient (Wildman–Crippen LogP) is 2.60. The molecule has 0 unspecified atom stereocenters. The number of carbonyl (C=O) groups excluding carboxylic acids is 1. The van der Waals surface area contributed by atoms with Crippen LogP contribution in [0.2, 0.25) is 0 Å². The van der Waals surface area contributed by atoms with Crippen LogP contribution in [0.4, 0.5) is 17.2 Å². The maximum atomic E-state index is 12.4. The summed E-state index contributed by atoms with van der Waals surface area (Å²) in [6.45, 7) is 1.73. The van der Waals surface area contributed by atoms with Crippen LogP contribution in [0.3, 0.4) is 0 Å². The smallest absolute Gasteiger partial charge is 0.323 e. The van der Waals surface area contributed by atoms with Crippen molar-refractivity contribution >= 4 is 29.1 Å². The number of amides is 1. The number of nitrogens with zero attached hydrogens (tertiary/aromatic N) is 3. The van der Waals surface area contributed by atoms with Crippen molar-refractivity contribution in [2.45, 2.75) is 19.3 Å². The van der Waals surface area contributed by atoms with Crippen molar-refractivity contribution in [2.75, 3.05) is 41.3 Å². The van der Waals surface area contributed by atoms with E-state index in [0.717, 1.165) is 18.9 Å². The van der Waals surface area contributed by atoms with Crippen LogP contribution in [-0.2, 0) is 9.59 Å². The molecule has 142 valence electrons. The number of carboxylic acids is 1. The van der Waals surface area contributed by atoms with Crippen molar-refractivity contribution in [3.05, 3.63) is 48.7 Å². The van der Waals surface area contributed by atoms with Crippen LogP contribution in [0.15, 0.2) is 48.7 Å². The van der Waals surface area contributed by atoms with Gasteiger partial charge in [0.15, 0.2) is 0 Å². The molecular formula is C20H24N4O3. The summed E-state index contributed by atoms with van der Waals surface area (Å²) in [7, 11) is 0. The summed E-state index contributed by atoms with van der Waals surface area (Å²) in [4.78, 5) is 31.7. The third-order valence-corrected chi connectivity index (χ3v) is 4.49. The maximum Gasteiger partial charge on any atom is 0.323 e. The zero-order chi connectivity index (χ0) is 19.1. The molecule has 3 rings (SSSR count). The van der Waals surface area contributed by atoms with E-state index in [0.29, 0.717) is 11.4 Å². The topological polar surface area (TPSA) is 85.8 Å². The number of aromatic nitrogens is 1. The van der Waals surface area contributed by atoms with E-state index in [1.807, 2.05) is 30.3 Å². The third kappa shape index (κ3) is 5.44. The van der Waals surface area contributed by atoms with Gasteiger partial charge < -0.3 is 20.2 Å². The molecule has 2 N–H and O–H groups in total. The van der Waals surface area contributed by atoms with Gasteiger partial charge in [-0.2, -0.15) is 0 Å². The van der Waals surface area contributed by atoms with Gasteiger partial charge in [-0.05, 0) is 43.5 Å². The van der Waals surface area contributed by atoms with Gasteiger partial charge in [0.2, 0.25) is 5.91 Å². The average Bonchev–Trinajstić information content (AvgIpc) is 2.69. The third-order valence-electron chi connectivity index (χ3n) is 4.49. The zero-order valence-electron chi connectivity index (χ0n) is 15.2. The van der Waals surface area contributed by atoms with Crippen LogP contribution in [0.25, 0.3) is 0 Å². The first-order chi connectivity index (χ1) is 13.1. The summed E-state index contributed by atoms with van der Waals surface area (Å²) in [5.41, 5.74) is 1.29. The van der Waals surface area contributed by atoms with Crippen molar-refractivity contribution < 1.29 is 14.7 Å². The molecule has 27 heavy (non-hydrogen) atoms. The summed E-state index contributed by atoms with van der Waals surface area (Å²) < 4.78 is 0. The van der Waals surface area contributed by atoms with E-state index < -0.39 is 5.97 Å². The Balaban J connectivity index is 1.60. The Morgan fingerprint density at radius 2 is 1.78 bits per heavy atom. The normalized spacial score (nSPS) is 13.9. The average molecular weight is 368 g/mol. The first kappa shape index (κ1) is 18.7. The molecule has 1 saturated heterocycles. The molecule has 0 aliphatic carbocycles. The minimum absolute atomic E-state index is 0.0514. The van der Waals surface area contributed by atoms with Crippen molar-refractivity contribution in [2.24, 2.45) is 0 Å². The van der Waals surface area contributed by atoms with Crippen LogP contribution in [-0.4, -0.2) is 48.1 Å². The second-order valence-corrected chi connectivity index (χ2v) is 6.59. The number of carbonyl (C=O) groups is 2. The van der Waals surface area contributed by atoms with Gasteiger partial charge in [-0.1, -0.05) is 18.2 Å². The van der Waals surface area contributed by atoms with E-state index >= 15 is 0 Å². The van der Waals surface area contributed by atoms with Crippen LogP contribution in [0, 0.1) is 0 Å². The van der Waals surface area contributed by atoms with Crippen molar-refractivity contribution in [3.8, 4) is 0 Å². The molecule has 0 bridgehead atoms. The summed E-state index contributed by atoms with van der Waals surface area (Å²) in [6.07, 6.45) is 5.27. The highest BCUT2D eigenvalue weighted by Gasteiger charge is 2.16. The Morgan fingerprint density at radius 1 is 1.04 bits per heavy atom. The minimum Gasteiger partial charge on any atom is -0.480 e. The van der Waals surface area contributed by atoms with Gasteiger partial charge in [0.1, 0.15) is 12.4 Å². The molecule has 1 amide bonds. The van der Waals surface area contributed by atoms with Crippen molar-refractivity contribution in [3.63, 3.8) is 0 Å². The SMILES string of the molecule is O=C(O)CN(CC(=O)Nc1ccc(N2CCCCC2)nc1)c1ccccc1. The first-order valence-electron chi connectivity index (χ1n) is 9.14. The number of rotatable bonds is 7. The lowest BCUT2D eigenvalue weighted by atomic mass is 10.1. The van der Waals surface area contributed by atoms with Crippen molar-refractivity contribution in [1.82, 2.24) is 4.98 Å². The highest BCUT2D eigenvalue weighted by atomic mass is 16.4. The number of para-hydroxylation sites is 1. The van der Waals surface area contributed by atoms with Gasteiger partial charge in [0.05, 0.1) is 18.4 Å². The number of hydrogen-bond acceptors (Lipinski definition) is 5. The molecule has 1 aliphatic heterocycles. The monoisotopic (exact) mass is 368 g/mol. The van der Waals surface area contributed by atoms with Crippen LogP contribution >= 0.6 is 0 Å². The van der Waals surface area contributed by atoms with E-state index in [1.54, 1.807) is 18.3 Å². The number of piperidine rings is 1. The first-order valence-corrected chi connectivity index (χ1v) is 9.14. The molecule has 1 aliphatic rings. The number of aliphatic carboxylic acids is 1. The standard InChI is InChI=1S/C20H24N4O3/c25-19(14-24(15-20(26)27)17-7-3-1-4-8-17)22-16-9-10-18(21-13-16)23-11-5-2-6-12-23/h1,3-4,7-10,13H,2,5-6,11-12,14-15H2,(H,22,25)(H,26,27). The van der Waals surface area contributed by atoms with Crippen molar-refractivity contribution in [1.29, 1.82) is 0 Å². The molecule has 1 aromatic carbocycles. The van der Waals surface area contributed by atoms with Crippen LogP contribution < -0.4 is 15.1 Å². The molecule has 0 radical (unpaired) electrons. The van der Waals surface area contributed by atoms with Crippen LogP contribution in [0.1, 0.15) is 19.3 Å². The molecule has 2 heterocycles. The van der Waals surface area contributed by atoms with Gasteiger partial charge in [-0.3, -0.25) is 9.59 Å². The van der Waals surface area contributed by atoms with E-state index in [9.17, 15) is 9.59 Å². The molecule has 1 fully saturated rings. The molecule has 0 spiro atoms. The van der Waals surface area contributed by atoms with E-state index in [2.05, 4.69) is 15.2 Å². The fraction of sp³-hybridized carbons (Fsp3) is 0.350. The van der Waals surface area contributed by atoms with Gasteiger partial charge >= 0.3 is 5.97 Å². The fourth-order valence-electron chi connectivity index (χ4n) is 3.18. The lowest BCUT2D eigenvalue weighted by Crippen LogP contribution is -2.37. The highest BCUT2D eigenvalue weighted by Crippen LogP contribution is 2.19. The van der Waals surface area contributed by atoms with Gasteiger partial charge in [-0.25, -0.2) is 4.98 Å². The van der Waals surface area contributed by atoms with E-state index in [-0.39, 0.29) is 19.0 Å². The van der Waals surface area contributed by atoms with E-state index in [1.165, 1.54) is 24.2 Å². The number of benzene rings is 1. The molecular weight excluding hydrogens is 344 g/mol. The summed E-state index contributed by atoms with van der Waals surface area (Å²) in [5, 5.41) is 11.9. The maximum absolute atomic E-state index is 12.4. The van der Waals surface area contributed by atoms with Crippen LogP contribution in [0.5, 0.6) is 0 Å².